The molecule has 0 radical (unpaired) electrons. The summed E-state index contributed by atoms with van der Waals surface area (Å²) in [7, 11) is -3.43. The number of sulfone groups is 1. The van der Waals surface area contributed by atoms with E-state index in [1.807, 2.05) is 0 Å². The quantitative estimate of drug-likeness (QED) is 0.658. The number of nitrogens with zero attached hydrogens (tertiary/aromatic N) is 3. The summed E-state index contributed by atoms with van der Waals surface area (Å²) in [6.07, 6.45) is 9.88. The highest BCUT2D eigenvalue weighted by atomic mass is 35.5. The molecule has 1 aliphatic carbocycles. The van der Waals surface area contributed by atoms with Gasteiger partial charge in [-0.3, -0.25) is 9.48 Å². The standard InChI is InChI=1S/C19H25ClN4O4S2/c20-17-11-21-19(29-17)23-18(25)16(9-13-5-7-28-8-6-13)24-12-15(10-22-24)30(26,27)14-3-1-2-4-14/h10-14,16H,1-9H2,(H,21,23,25)/t16-/m0/s1. The molecule has 1 N–H and O–H groups in total. The van der Waals surface area contributed by atoms with Crippen molar-refractivity contribution in [1.82, 2.24) is 14.8 Å². The molecule has 0 aromatic carbocycles. The fourth-order valence-electron chi connectivity index (χ4n) is 4.16. The molecule has 0 spiro atoms. The van der Waals surface area contributed by atoms with Crippen molar-refractivity contribution in [2.75, 3.05) is 18.5 Å². The smallest absolute Gasteiger partial charge is 0.251 e. The number of rotatable bonds is 7. The van der Waals surface area contributed by atoms with E-state index in [-0.39, 0.29) is 16.1 Å². The maximum atomic E-state index is 13.1. The second kappa shape index (κ2) is 9.33. The van der Waals surface area contributed by atoms with Crippen LogP contribution in [0.5, 0.6) is 0 Å². The number of carbonyl (C=O) groups is 1. The van der Waals surface area contributed by atoms with E-state index < -0.39 is 15.9 Å². The number of hydrogen-bond acceptors (Lipinski definition) is 7. The van der Waals surface area contributed by atoms with Crippen LogP contribution in [0, 0.1) is 5.92 Å². The van der Waals surface area contributed by atoms with Gasteiger partial charge in [-0.1, -0.05) is 35.8 Å². The highest BCUT2D eigenvalue weighted by molar-refractivity contribution is 7.92. The number of nitrogens with one attached hydrogen (secondary N) is 1. The van der Waals surface area contributed by atoms with E-state index in [0.717, 1.165) is 25.7 Å². The van der Waals surface area contributed by atoms with Crippen molar-refractivity contribution in [2.24, 2.45) is 5.92 Å². The molecule has 0 unspecified atom stereocenters. The Morgan fingerprint density at radius 1 is 1.27 bits per heavy atom. The number of carbonyl (C=O) groups excluding carboxylic acids is 1. The van der Waals surface area contributed by atoms with Gasteiger partial charge in [0.05, 0.1) is 17.6 Å². The number of aromatic nitrogens is 3. The van der Waals surface area contributed by atoms with Crippen LogP contribution in [0.15, 0.2) is 23.5 Å². The Labute approximate surface area is 184 Å². The minimum absolute atomic E-state index is 0.191. The van der Waals surface area contributed by atoms with Crippen LogP contribution in [0.2, 0.25) is 4.34 Å². The van der Waals surface area contributed by atoms with Gasteiger partial charge in [0.15, 0.2) is 15.0 Å². The summed E-state index contributed by atoms with van der Waals surface area (Å²) < 4.78 is 33.3. The Kier molecular flexibility index (Phi) is 6.76. The number of halogens is 1. The maximum Gasteiger partial charge on any atom is 0.251 e. The minimum atomic E-state index is -3.43. The van der Waals surface area contributed by atoms with E-state index in [2.05, 4.69) is 15.4 Å². The third-order valence-corrected chi connectivity index (χ3v) is 9.12. The fourth-order valence-corrected chi connectivity index (χ4v) is 6.77. The molecule has 1 aliphatic heterocycles. The fraction of sp³-hybridized carbons (Fsp3) is 0.632. The summed E-state index contributed by atoms with van der Waals surface area (Å²) in [5.41, 5.74) is 0. The van der Waals surface area contributed by atoms with Crippen LogP contribution in [0.1, 0.15) is 51.0 Å². The van der Waals surface area contributed by atoms with Crippen molar-refractivity contribution in [3.63, 3.8) is 0 Å². The molecule has 1 saturated carbocycles. The summed E-state index contributed by atoms with van der Waals surface area (Å²) in [6, 6.07) is -0.636. The first kappa shape index (κ1) is 21.7. The van der Waals surface area contributed by atoms with Crippen LogP contribution in [-0.2, 0) is 19.4 Å². The van der Waals surface area contributed by atoms with E-state index in [9.17, 15) is 13.2 Å². The normalized spacial score (nSPS) is 19.8. The van der Waals surface area contributed by atoms with Gasteiger partial charge in [-0.05, 0) is 38.0 Å². The highest BCUT2D eigenvalue weighted by Gasteiger charge is 2.33. The first-order valence-electron chi connectivity index (χ1n) is 10.2. The van der Waals surface area contributed by atoms with Gasteiger partial charge in [0.25, 0.3) is 5.91 Å². The molecule has 2 aromatic heterocycles. The molecule has 4 rings (SSSR count). The zero-order valence-electron chi connectivity index (χ0n) is 16.5. The monoisotopic (exact) mass is 472 g/mol. The van der Waals surface area contributed by atoms with Gasteiger partial charge in [-0.15, -0.1) is 0 Å². The molecule has 3 heterocycles. The van der Waals surface area contributed by atoms with Crippen LogP contribution >= 0.6 is 22.9 Å². The highest BCUT2D eigenvalue weighted by Crippen LogP contribution is 2.32. The number of anilines is 1. The third kappa shape index (κ3) is 4.87. The lowest BCUT2D eigenvalue weighted by Gasteiger charge is -2.26. The maximum absolute atomic E-state index is 13.1. The summed E-state index contributed by atoms with van der Waals surface area (Å²) in [5, 5.41) is 7.15. The average molecular weight is 473 g/mol. The van der Waals surface area contributed by atoms with Crippen LogP contribution in [0.4, 0.5) is 5.13 Å². The lowest BCUT2D eigenvalue weighted by atomic mass is 9.92. The zero-order valence-corrected chi connectivity index (χ0v) is 18.9. The van der Waals surface area contributed by atoms with Gasteiger partial charge in [0.2, 0.25) is 0 Å². The van der Waals surface area contributed by atoms with Gasteiger partial charge >= 0.3 is 0 Å². The average Bonchev–Trinajstić information content (AvgIpc) is 3.49. The van der Waals surface area contributed by atoms with E-state index in [4.69, 9.17) is 16.3 Å². The number of amides is 1. The number of thiazole rings is 1. The molecule has 11 heteroatoms. The van der Waals surface area contributed by atoms with Crippen molar-refractivity contribution in [3.05, 3.63) is 22.9 Å². The van der Waals surface area contributed by atoms with Gasteiger partial charge in [0.1, 0.15) is 15.3 Å². The molecular formula is C19H25ClN4O4S2. The second-order valence-corrected chi connectivity index (χ2v) is 11.8. The lowest BCUT2D eigenvalue weighted by Crippen LogP contribution is -2.30. The summed E-state index contributed by atoms with van der Waals surface area (Å²) >= 11 is 7.10. The number of hydrogen-bond donors (Lipinski definition) is 1. The molecule has 0 bridgehead atoms. The molecule has 30 heavy (non-hydrogen) atoms. The largest absolute Gasteiger partial charge is 0.381 e. The van der Waals surface area contributed by atoms with Crippen molar-refractivity contribution in [3.8, 4) is 0 Å². The summed E-state index contributed by atoms with van der Waals surface area (Å²) in [4.78, 5) is 17.4. The summed E-state index contributed by atoms with van der Waals surface area (Å²) in [6.45, 7) is 1.34. The molecule has 8 nitrogen and oxygen atoms in total. The Morgan fingerprint density at radius 2 is 2.00 bits per heavy atom. The molecule has 1 amide bonds. The second-order valence-electron chi connectivity index (χ2n) is 7.87. The van der Waals surface area contributed by atoms with Crippen LogP contribution in [0.25, 0.3) is 0 Å². The van der Waals surface area contributed by atoms with Crippen molar-refractivity contribution in [1.29, 1.82) is 0 Å². The topological polar surface area (TPSA) is 103 Å². The van der Waals surface area contributed by atoms with Gasteiger partial charge in [0, 0.05) is 19.4 Å². The molecule has 1 atom stereocenters. The van der Waals surface area contributed by atoms with Crippen molar-refractivity contribution >= 4 is 43.8 Å². The van der Waals surface area contributed by atoms with Gasteiger partial charge in [-0.2, -0.15) is 5.10 Å². The van der Waals surface area contributed by atoms with Gasteiger partial charge < -0.3 is 10.1 Å². The Bertz CT molecular complexity index is 978. The SMILES string of the molecule is O=C(Nc1ncc(Cl)s1)[C@H](CC1CCOCC1)n1cc(S(=O)(=O)C2CCCC2)cn1. The molecular weight excluding hydrogens is 448 g/mol. The first-order chi connectivity index (χ1) is 14.4. The third-order valence-electron chi connectivity index (χ3n) is 5.87. The van der Waals surface area contributed by atoms with E-state index in [0.29, 0.717) is 47.9 Å². The molecule has 164 valence electrons. The van der Waals surface area contributed by atoms with E-state index in [1.54, 1.807) is 0 Å². The van der Waals surface area contributed by atoms with Crippen molar-refractivity contribution < 1.29 is 17.9 Å². The van der Waals surface area contributed by atoms with Crippen molar-refractivity contribution in [2.45, 2.75) is 61.1 Å². The molecule has 2 aromatic rings. The molecule has 2 aliphatic rings. The Morgan fingerprint density at radius 3 is 2.67 bits per heavy atom. The zero-order chi connectivity index (χ0) is 21.1. The molecule has 2 fully saturated rings. The minimum Gasteiger partial charge on any atom is -0.381 e. The van der Waals surface area contributed by atoms with Gasteiger partial charge in [-0.25, -0.2) is 13.4 Å². The predicted octanol–water partition coefficient (Wildman–Crippen LogP) is 3.71. The number of ether oxygens (including phenoxy) is 1. The first-order valence-corrected chi connectivity index (χ1v) is 13.0. The van der Waals surface area contributed by atoms with Crippen LogP contribution < -0.4 is 5.32 Å². The lowest BCUT2D eigenvalue weighted by molar-refractivity contribution is -0.120. The van der Waals surface area contributed by atoms with Crippen LogP contribution in [0.3, 0.4) is 0 Å². The Balaban J connectivity index is 1.56. The van der Waals surface area contributed by atoms with Crippen LogP contribution in [-0.4, -0.2) is 47.6 Å². The Hall–Kier alpha value is -1.49. The van der Waals surface area contributed by atoms with E-state index in [1.165, 1.54) is 34.6 Å². The summed E-state index contributed by atoms with van der Waals surface area (Å²) in [5.74, 6) is 0.0221. The predicted molar refractivity (Wildman–Crippen MR) is 115 cm³/mol. The molecule has 1 saturated heterocycles. The van der Waals surface area contributed by atoms with E-state index >= 15 is 0 Å².